The third-order valence-corrected chi connectivity index (χ3v) is 4.18. The summed E-state index contributed by atoms with van der Waals surface area (Å²) in [5.41, 5.74) is -0.581. The maximum atomic E-state index is 12.8. The highest BCUT2D eigenvalue weighted by molar-refractivity contribution is 5.98. The lowest BCUT2D eigenvalue weighted by atomic mass is 9.95. The van der Waals surface area contributed by atoms with Gasteiger partial charge in [-0.2, -0.15) is 0 Å². The molecule has 2 heterocycles. The number of hydrogen-bond donors (Lipinski definition) is 1. The van der Waals surface area contributed by atoms with Crippen LogP contribution < -0.4 is 5.32 Å². The number of nitrogens with one attached hydrogen (secondary N) is 1. The molecule has 2 amide bonds. The Hall–Kier alpha value is -1.89. The summed E-state index contributed by atoms with van der Waals surface area (Å²) in [6.45, 7) is 4.75. The van der Waals surface area contributed by atoms with E-state index < -0.39 is 5.54 Å². The topological polar surface area (TPSA) is 76.5 Å². The number of likely N-dealkylation sites (tertiary alicyclic amines) is 1. The normalized spacial score (nSPS) is 21.4. The maximum Gasteiger partial charge on any atom is 0.275 e. The molecule has 0 aliphatic carbocycles. The lowest BCUT2D eigenvalue weighted by Gasteiger charge is -2.35. The summed E-state index contributed by atoms with van der Waals surface area (Å²) in [5, 5.41) is 2.65. The Morgan fingerprint density at radius 1 is 1.50 bits per heavy atom. The van der Waals surface area contributed by atoms with Crippen molar-refractivity contribution in [1.29, 1.82) is 0 Å². The van der Waals surface area contributed by atoms with Gasteiger partial charge in [0.05, 0.1) is 12.9 Å². The minimum atomic E-state index is -0.942. The van der Waals surface area contributed by atoms with Crippen molar-refractivity contribution in [3.05, 3.63) is 18.2 Å². The van der Waals surface area contributed by atoms with Gasteiger partial charge in [-0.1, -0.05) is 0 Å². The zero-order chi connectivity index (χ0) is 16.3. The first-order valence-corrected chi connectivity index (χ1v) is 7.53. The van der Waals surface area contributed by atoms with E-state index in [4.69, 9.17) is 4.74 Å². The zero-order valence-corrected chi connectivity index (χ0v) is 13.6. The van der Waals surface area contributed by atoms with Gasteiger partial charge in [0.1, 0.15) is 11.2 Å². The minimum Gasteiger partial charge on any atom is -0.382 e. The number of hydrogen-bond acceptors (Lipinski definition) is 4. The number of imidazole rings is 1. The molecule has 1 unspecified atom stereocenters. The maximum absolute atomic E-state index is 12.8. The molecular formula is C15H24N4O3. The molecule has 1 aromatic heterocycles. The van der Waals surface area contributed by atoms with Crippen LogP contribution in [0.5, 0.6) is 0 Å². The Labute approximate surface area is 130 Å². The summed E-state index contributed by atoms with van der Waals surface area (Å²) in [6, 6.07) is 0.232. The number of nitrogens with zero attached hydrogens (tertiary/aromatic N) is 3. The fourth-order valence-corrected chi connectivity index (χ4v) is 2.97. The average molecular weight is 308 g/mol. The second kappa shape index (κ2) is 6.48. The van der Waals surface area contributed by atoms with Crippen molar-refractivity contribution in [1.82, 2.24) is 19.8 Å². The van der Waals surface area contributed by atoms with E-state index in [9.17, 15) is 9.59 Å². The van der Waals surface area contributed by atoms with Gasteiger partial charge in [-0.05, 0) is 26.7 Å². The van der Waals surface area contributed by atoms with Crippen LogP contribution in [0.4, 0.5) is 0 Å². The van der Waals surface area contributed by atoms with Gasteiger partial charge in [0, 0.05) is 32.9 Å². The van der Waals surface area contributed by atoms with Crippen LogP contribution in [0, 0.1) is 0 Å². The number of methoxy groups -OCH3 is 1. The Morgan fingerprint density at radius 2 is 2.23 bits per heavy atom. The number of carbonyl (C=O) groups is 2. The van der Waals surface area contributed by atoms with Crippen LogP contribution in [0.1, 0.15) is 43.2 Å². The number of aromatic nitrogens is 2. The van der Waals surface area contributed by atoms with Gasteiger partial charge in [-0.3, -0.25) is 9.59 Å². The van der Waals surface area contributed by atoms with E-state index in [-0.39, 0.29) is 24.5 Å². The van der Waals surface area contributed by atoms with Crippen LogP contribution in [0.15, 0.2) is 12.5 Å². The lowest BCUT2D eigenvalue weighted by molar-refractivity contribution is -0.133. The van der Waals surface area contributed by atoms with Crippen LogP contribution in [-0.4, -0.2) is 59.1 Å². The first-order chi connectivity index (χ1) is 10.5. The average Bonchev–Trinajstić information content (AvgIpc) is 3.13. The summed E-state index contributed by atoms with van der Waals surface area (Å²) in [6.07, 6.45) is 4.74. The second-order valence-electron chi connectivity index (χ2n) is 5.90. The molecule has 1 saturated heterocycles. The Morgan fingerprint density at radius 3 is 2.77 bits per heavy atom. The van der Waals surface area contributed by atoms with Crippen molar-refractivity contribution in [2.24, 2.45) is 0 Å². The van der Waals surface area contributed by atoms with Crippen molar-refractivity contribution in [3.8, 4) is 0 Å². The van der Waals surface area contributed by atoms with Gasteiger partial charge in [0.15, 0.2) is 0 Å². The molecule has 7 heteroatoms. The van der Waals surface area contributed by atoms with Crippen LogP contribution >= 0.6 is 0 Å². The molecule has 2 rings (SSSR count). The molecule has 0 spiro atoms. The first kappa shape index (κ1) is 16.5. The Balaban J connectivity index is 2.31. The fourth-order valence-electron chi connectivity index (χ4n) is 2.97. The van der Waals surface area contributed by atoms with E-state index in [1.807, 2.05) is 18.4 Å². The van der Waals surface area contributed by atoms with E-state index in [0.29, 0.717) is 18.7 Å². The molecule has 7 nitrogen and oxygen atoms in total. The van der Waals surface area contributed by atoms with Gasteiger partial charge >= 0.3 is 0 Å². The molecular weight excluding hydrogens is 284 g/mol. The third kappa shape index (κ3) is 2.72. The van der Waals surface area contributed by atoms with Crippen LogP contribution in [0.25, 0.3) is 0 Å². The zero-order valence-electron chi connectivity index (χ0n) is 13.6. The predicted molar refractivity (Wildman–Crippen MR) is 81.6 cm³/mol. The smallest absolute Gasteiger partial charge is 0.275 e. The highest BCUT2D eigenvalue weighted by atomic mass is 16.5. The molecule has 1 atom stereocenters. The molecule has 1 aromatic rings. The summed E-state index contributed by atoms with van der Waals surface area (Å²) < 4.78 is 7.11. The quantitative estimate of drug-likeness (QED) is 0.874. The SMILES string of the molecule is CNC(=O)C1(COC)CCCN1C(=O)c1cn(C(C)C)cn1. The third-order valence-electron chi connectivity index (χ3n) is 4.18. The monoisotopic (exact) mass is 308 g/mol. The summed E-state index contributed by atoms with van der Waals surface area (Å²) >= 11 is 0. The van der Waals surface area contributed by atoms with Gasteiger partial charge in [0.2, 0.25) is 5.91 Å². The minimum absolute atomic E-state index is 0.184. The second-order valence-corrected chi connectivity index (χ2v) is 5.90. The number of carbonyl (C=O) groups excluding carboxylic acids is 2. The molecule has 122 valence electrons. The molecule has 1 aliphatic rings. The standard InChI is InChI=1S/C15H24N4O3/c1-11(2)18-8-12(17-10-18)13(20)19-7-5-6-15(19,9-22-4)14(21)16-3/h8,10-11H,5-7,9H2,1-4H3,(H,16,21). The van der Waals surface area contributed by atoms with E-state index in [1.165, 1.54) is 0 Å². The summed E-state index contributed by atoms with van der Waals surface area (Å²) in [4.78, 5) is 31.0. The van der Waals surface area contributed by atoms with E-state index in [2.05, 4.69) is 10.3 Å². The predicted octanol–water partition coefficient (Wildman–Crippen LogP) is 0.831. The lowest BCUT2D eigenvalue weighted by Crippen LogP contribution is -2.59. The van der Waals surface area contributed by atoms with E-state index in [1.54, 1.807) is 31.6 Å². The fraction of sp³-hybridized carbons (Fsp3) is 0.667. The summed E-state index contributed by atoms with van der Waals surface area (Å²) in [5.74, 6) is -0.416. The highest BCUT2D eigenvalue weighted by Crippen LogP contribution is 2.31. The van der Waals surface area contributed by atoms with Gasteiger partial charge < -0.3 is 19.5 Å². The number of ether oxygens (including phenoxy) is 1. The molecule has 1 aliphatic heterocycles. The molecule has 0 saturated carbocycles. The summed E-state index contributed by atoms with van der Waals surface area (Å²) in [7, 11) is 3.12. The van der Waals surface area contributed by atoms with Crippen LogP contribution in [0.3, 0.4) is 0 Å². The van der Waals surface area contributed by atoms with E-state index >= 15 is 0 Å². The molecule has 1 N–H and O–H groups in total. The molecule has 22 heavy (non-hydrogen) atoms. The Bertz CT molecular complexity index is 555. The van der Waals surface area contributed by atoms with E-state index in [0.717, 1.165) is 6.42 Å². The van der Waals surface area contributed by atoms with Crippen LogP contribution in [0.2, 0.25) is 0 Å². The number of amides is 2. The highest BCUT2D eigenvalue weighted by Gasteiger charge is 2.50. The van der Waals surface area contributed by atoms with Crippen molar-refractivity contribution in [2.45, 2.75) is 38.3 Å². The van der Waals surface area contributed by atoms with Crippen LogP contribution in [-0.2, 0) is 9.53 Å². The molecule has 0 bridgehead atoms. The molecule has 0 aromatic carbocycles. The largest absolute Gasteiger partial charge is 0.382 e. The molecule has 0 radical (unpaired) electrons. The first-order valence-electron chi connectivity index (χ1n) is 7.53. The van der Waals surface area contributed by atoms with Gasteiger partial charge in [-0.25, -0.2) is 4.98 Å². The Kier molecular flexibility index (Phi) is 4.85. The number of rotatable bonds is 5. The van der Waals surface area contributed by atoms with Crippen molar-refractivity contribution >= 4 is 11.8 Å². The number of likely N-dealkylation sites (N-methyl/N-ethyl adjacent to an activating group) is 1. The van der Waals surface area contributed by atoms with Crippen molar-refractivity contribution in [3.63, 3.8) is 0 Å². The molecule has 1 fully saturated rings. The van der Waals surface area contributed by atoms with Crippen molar-refractivity contribution in [2.75, 3.05) is 27.3 Å². The van der Waals surface area contributed by atoms with Crippen molar-refractivity contribution < 1.29 is 14.3 Å². The van der Waals surface area contributed by atoms with Gasteiger partial charge in [-0.15, -0.1) is 0 Å². The van der Waals surface area contributed by atoms with Gasteiger partial charge in [0.25, 0.3) is 5.91 Å².